The Kier molecular flexibility index (Phi) is 4.74. The number of hydrogen-bond donors (Lipinski definition) is 2. The Labute approximate surface area is 199 Å². The summed E-state index contributed by atoms with van der Waals surface area (Å²) >= 11 is 0. The fourth-order valence-corrected chi connectivity index (χ4v) is 4.83. The lowest BCUT2D eigenvalue weighted by molar-refractivity contribution is -0.132. The Bertz CT molecular complexity index is 1680. The van der Waals surface area contributed by atoms with Gasteiger partial charge in [0.25, 0.3) is 11.7 Å². The van der Waals surface area contributed by atoms with E-state index in [1.54, 1.807) is 24.4 Å². The molecule has 1 atom stereocenters. The van der Waals surface area contributed by atoms with Gasteiger partial charge in [0, 0.05) is 33.9 Å². The van der Waals surface area contributed by atoms with Crippen LogP contribution in [0.3, 0.4) is 0 Å². The highest BCUT2D eigenvalue weighted by Crippen LogP contribution is 2.44. The van der Waals surface area contributed by atoms with Crippen molar-refractivity contribution in [1.82, 2.24) is 4.98 Å². The monoisotopic (exact) mass is 462 g/mol. The van der Waals surface area contributed by atoms with Crippen molar-refractivity contribution in [2.24, 2.45) is 0 Å². The number of anilines is 1. The topological polar surface area (TPSA) is 73.4 Å². The third kappa shape index (κ3) is 3.30. The van der Waals surface area contributed by atoms with Crippen molar-refractivity contribution in [3.63, 3.8) is 0 Å². The Morgan fingerprint density at radius 3 is 2.46 bits per heavy atom. The molecule has 0 saturated carbocycles. The molecule has 1 aliphatic heterocycles. The number of H-pyrrole nitrogens is 1. The van der Waals surface area contributed by atoms with Crippen molar-refractivity contribution in [2.45, 2.75) is 6.04 Å². The summed E-state index contributed by atoms with van der Waals surface area (Å²) in [6, 6.07) is 25.1. The third-order valence-electron chi connectivity index (χ3n) is 6.47. The Morgan fingerprint density at radius 2 is 1.63 bits per heavy atom. The molecule has 0 aliphatic carbocycles. The predicted molar refractivity (Wildman–Crippen MR) is 133 cm³/mol. The number of ketones is 1. The predicted octanol–water partition coefficient (Wildman–Crippen LogP) is 6.09. The Hall–Kier alpha value is -4.71. The maximum Gasteiger partial charge on any atom is 0.300 e. The summed E-state index contributed by atoms with van der Waals surface area (Å²) in [7, 11) is 0. The van der Waals surface area contributed by atoms with Crippen LogP contribution in [0.4, 0.5) is 10.1 Å². The molecule has 2 heterocycles. The van der Waals surface area contributed by atoms with Gasteiger partial charge in [-0.25, -0.2) is 4.39 Å². The molecule has 1 saturated heterocycles. The van der Waals surface area contributed by atoms with Crippen LogP contribution in [0.25, 0.3) is 27.4 Å². The van der Waals surface area contributed by atoms with Gasteiger partial charge >= 0.3 is 0 Å². The summed E-state index contributed by atoms with van der Waals surface area (Å²) in [5, 5.41) is 14.1. The van der Waals surface area contributed by atoms with E-state index in [1.807, 2.05) is 54.6 Å². The van der Waals surface area contributed by atoms with E-state index in [0.29, 0.717) is 11.1 Å². The molecule has 2 N–H and O–H groups in total. The van der Waals surface area contributed by atoms with Gasteiger partial charge in [-0.15, -0.1) is 0 Å². The molecular weight excluding hydrogens is 443 g/mol. The number of carbonyl (C=O) groups excluding carboxylic acids is 2. The van der Waals surface area contributed by atoms with Crippen LogP contribution in [0.15, 0.2) is 103 Å². The molecule has 0 radical (unpaired) electrons. The van der Waals surface area contributed by atoms with E-state index < -0.39 is 23.5 Å². The van der Waals surface area contributed by atoms with Crippen LogP contribution >= 0.6 is 0 Å². The van der Waals surface area contributed by atoms with Crippen molar-refractivity contribution in [2.75, 3.05) is 4.90 Å². The zero-order valence-corrected chi connectivity index (χ0v) is 18.4. The lowest BCUT2D eigenvalue weighted by Gasteiger charge is -2.25. The van der Waals surface area contributed by atoms with E-state index in [-0.39, 0.29) is 17.0 Å². The van der Waals surface area contributed by atoms with Crippen LogP contribution < -0.4 is 4.90 Å². The van der Waals surface area contributed by atoms with E-state index >= 15 is 0 Å². The minimum absolute atomic E-state index is 0.0423. The summed E-state index contributed by atoms with van der Waals surface area (Å²) in [6.07, 6.45) is 1.72. The molecule has 1 amide bonds. The standard InChI is InChI=1S/C29H19FN2O3/c30-20-8-5-9-21(15-20)32-26(23-16-31-24-11-4-3-10-22(23)24)25(28(34)29(32)35)27(33)19-13-12-17-6-1-2-7-18(17)14-19/h1-16,26,31,33H/b27-25+. The van der Waals surface area contributed by atoms with Crippen LogP contribution in [0.5, 0.6) is 0 Å². The number of fused-ring (bicyclic) bond motifs is 2. The second-order valence-corrected chi connectivity index (χ2v) is 8.50. The van der Waals surface area contributed by atoms with Gasteiger partial charge in [-0.05, 0) is 41.1 Å². The van der Waals surface area contributed by atoms with Crippen molar-refractivity contribution in [3.8, 4) is 0 Å². The number of aromatic amines is 1. The average molecular weight is 462 g/mol. The van der Waals surface area contributed by atoms with Gasteiger partial charge in [0.1, 0.15) is 11.6 Å². The molecule has 0 bridgehead atoms. The molecule has 1 aromatic heterocycles. The molecule has 1 unspecified atom stereocenters. The number of amides is 1. The first-order valence-corrected chi connectivity index (χ1v) is 11.1. The van der Waals surface area contributed by atoms with E-state index in [4.69, 9.17) is 0 Å². The molecule has 6 rings (SSSR count). The maximum absolute atomic E-state index is 14.1. The first-order valence-electron chi connectivity index (χ1n) is 11.1. The van der Waals surface area contributed by atoms with Gasteiger partial charge in [0.2, 0.25) is 0 Å². The highest BCUT2D eigenvalue weighted by atomic mass is 19.1. The highest BCUT2D eigenvalue weighted by Gasteiger charge is 2.47. The smallest absolute Gasteiger partial charge is 0.300 e. The molecular formula is C29H19FN2O3. The van der Waals surface area contributed by atoms with Crippen LogP contribution in [-0.4, -0.2) is 21.8 Å². The quantitative estimate of drug-likeness (QED) is 0.194. The third-order valence-corrected chi connectivity index (χ3v) is 6.47. The largest absolute Gasteiger partial charge is 0.507 e. The lowest BCUT2D eigenvalue weighted by Crippen LogP contribution is -2.29. The number of hydrogen-bond acceptors (Lipinski definition) is 3. The zero-order valence-electron chi connectivity index (χ0n) is 18.4. The van der Waals surface area contributed by atoms with E-state index in [1.165, 1.54) is 23.1 Å². The summed E-state index contributed by atoms with van der Waals surface area (Å²) in [6.45, 7) is 0. The van der Waals surface area contributed by atoms with E-state index in [2.05, 4.69) is 4.98 Å². The number of rotatable bonds is 3. The maximum atomic E-state index is 14.1. The van der Waals surface area contributed by atoms with Crippen molar-refractivity contribution >= 4 is 44.8 Å². The minimum atomic E-state index is -0.945. The fraction of sp³-hybridized carbons (Fsp3) is 0.0345. The van der Waals surface area contributed by atoms with E-state index in [0.717, 1.165) is 21.7 Å². The molecule has 5 nitrogen and oxygen atoms in total. The number of Topliss-reactive ketones (excluding diaryl/α,β-unsaturated/α-hetero) is 1. The van der Waals surface area contributed by atoms with Crippen LogP contribution in [0, 0.1) is 5.82 Å². The van der Waals surface area contributed by atoms with Crippen LogP contribution in [-0.2, 0) is 9.59 Å². The molecule has 1 aliphatic rings. The SMILES string of the molecule is O=C1C(=O)N(c2cccc(F)c2)C(c2c[nH]c3ccccc23)/C1=C(\O)c1ccc2ccccc2c1. The normalized spacial score (nSPS) is 17.5. The number of carbonyl (C=O) groups is 2. The average Bonchev–Trinajstić information content (AvgIpc) is 3.41. The first-order chi connectivity index (χ1) is 17.0. The Morgan fingerprint density at radius 1 is 0.857 bits per heavy atom. The summed E-state index contributed by atoms with van der Waals surface area (Å²) in [5.74, 6) is -2.46. The molecule has 5 aromatic rings. The molecule has 170 valence electrons. The minimum Gasteiger partial charge on any atom is -0.507 e. The van der Waals surface area contributed by atoms with Crippen molar-refractivity contribution in [1.29, 1.82) is 0 Å². The molecule has 0 spiro atoms. The fourth-order valence-electron chi connectivity index (χ4n) is 4.83. The van der Waals surface area contributed by atoms with Gasteiger partial charge < -0.3 is 10.1 Å². The van der Waals surface area contributed by atoms with Gasteiger partial charge in [0.15, 0.2) is 0 Å². The number of aliphatic hydroxyl groups is 1. The summed E-state index contributed by atoms with van der Waals surface area (Å²) < 4.78 is 14.1. The van der Waals surface area contributed by atoms with Crippen molar-refractivity contribution < 1.29 is 19.1 Å². The molecule has 4 aromatic carbocycles. The van der Waals surface area contributed by atoms with Gasteiger partial charge in [0.05, 0.1) is 11.6 Å². The number of nitrogens with one attached hydrogen (secondary N) is 1. The Balaban J connectivity index is 1.62. The number of nitrogens with zero attached hydrogens (tertiary/aromatic N) is 1. The second kappa shape index (κ2) is 7.95. The van der Waals surface area contributed by atoms with E-state index in [9.17, 15) is 19.1 Å². The highest BCUT2D eigenvalue weighted by molar-refractivity contribution is 6.52. The van der Waals surface area contributed by atoms with Crippen LogP contribution in [0.1, 0.15) is 17.2 Å². The van der Waals surface area contributed by atoms with Gasteiger partial charge in [-0.2, -0.15) is 0 Å². The van der Waals surface area contributed by atoms with Gasteiger partial charge in [-0.1, -0.05) is 60.7 Å². The van der Waals surface area contributed by atoms with Crippen molar-refractivity contribution in [3.05, 3.63) is 120 Å². The lowest BCUT2D eigenvalue weighted by atomic mass is 9.94. The summed E-state index contributed by atoms with van der Waals surface area (Å²) in [5.41, 5.74) is 2.06. The number of aliphatic hydroxyl groups excluding tert-OH is 1. The number of aromatic nitrogens is 1. The zero-order chi connectivity index (χ0) is 24.1. The van der Waals surface area contributed by atoms with Crippen LogP contribution in [0.2, 0.25) is 0 Å². The number of benzene rings is 4. The molecule has 1 fully saturated rings. The second-order valence-electron chi connectivity index (χ2n) is 8.50. The molecule has 35 heavy (non-hydrogen) atoms. The number of para-hydroxylation sites is 1. The summed E-state index contributed by atoms with van der Waals surface area (Å²) in [4.78, 5) is 31.1. The first kappa shape index (κ1) is 20.9. The van der Waals surface area contributed by atoms with Gasteiger partial charge in [-0.3, -0.25) is 14.5 Å². The number of halogens is 1. The molecule has 6 heteroatoms.